The van der Waals surface area contributed by atoms with Crippen LogP contribution in [0.25, 0.3) is 11.1 Å². The lowest BCUT2D eigenvalue weighted by molar-refractivity contribution is 0.0398. The minimum absolute atomic E-state index is 0.0353. The van der Waals surface area contributed by atoms with Gasteiger partial charge in [-0.25, -0.2) is 19.2 Å². The molecule has 186 valence electrons. The van der Waals surface area contributed by atoms with Gasteiger partial charge in [0.2, 0.25) is 5.95 Å². The van der Waals surface area contributed by atoms with Gasteiger partial charge in [-0.05, 0) is 17.7 Å². The minimum Gasteiger partial charge on any atom is -0.379 e. The fourth-order valence-corrected chi connectivity index (χ4v) is 3.47. The van der Waals surface area contributed by atoms with Crippen molar-refractivity contribution in [2.24, 2.45) is 0 Å². The van der Waals surface area contributed by atoms with Gasteiger partial charge in [0, 0.05) is 55.6 Å². The van der Waals surface area contributed by atoms with E-state index in [1.54, 1.807) is 24.5 Å². The van der Waals surface area contributed by atoms with Gasteiger partial charge in [-0.15, -0.1) is 0 Å². The second-order valence-corrected chi connectivity index (χ2v) is 9.28. The molecule has 1 aliphatic heterocycles. The molecule has 0 atom stereocenters. The molecule has 1 aliphatic rings. The number of anilines is 3. The van der Waals surface area contributed by atoms with Gasteiger partial charge in [0.05, 0.1) is 18.9 Å². The molecule has 0 saturated carbocycles. The van der Waals surface area contributed by atoms with Gasteiger partial charge < -0.3 is 19.9 Å². The van der Waals surface area contributed by atoms with Crippen LogP contribution in [0.15, 0.2) is 41.2 Å². The Bertz CT molecular complexity index is 1140. The number of hydrogen-bond donors (Lipinski definition) is 3. The van der Waals surface area contributed by atoms with E-state index >= 15 is 0 Å². The van der Waals surface area contributed by atoms with Crippen LogP contribution < -0.4 is 16.0 Å². The van der Waals surface area contributed by atoms with Crippen LogP contribution in [0.3, 0.4) is 0 Å². The molecule has 1 saturated heterocycles. The van der Waals surface area contributed by atoms with Crippen molar-refractivity contribution < 1.29 is 18.4 Å². The summed E-state index contributed by atoms with van der Waals surface area (Å²) in [7, 11) is 0. The molecule has 0 aliphatic carbocycles. The van der Waals surface area contributed by atoms with Crippen LogP contribution in [-0.4, -0.2) is 65.4 Å². The van der Waals surface area contributed by atoms with Gasteiger partial charge in [0.25, 0.3) is 0 Å². The molecule has 10 nitrogen and oxygen atoms in total. The number of benzene rings is 1. The van der Waals surface area contributed by atoms with Crippen molar-refractivity contribution in [1.29, 1.82) is 0 Å². The number of hydrogen-bond acceptors (Lipinski definition) is 8. The summed E-state index contributed by atoms with van der Waals surface area (Å²) >= 11 is 0. The van der Waals surface area contributed by atoms with E-state index in [-0.39, 0.29) is 16.9 Å². The van der Waals surface area contributed by atoms with E-state index in [9.17, 15) is 9.18 Å². The predicted molar refractivity (Wildman–Crippen MR) is 131 cm³/mol. The summed E-state index contributed by atoms with van der Waals surface area (Å²) in [6.45, 7) is 10.9. The van der Waals surface area contributed by atoms with Gasteiger partial charge in [0.15, 0.2) is 5.82 Å². The van der Waals surface area contributed by atoms with Crippen LogP contribution in [0, 0.1) is 5.82 Å². The predicted octanol–water partition coefficient (Wildman–Crippen LogP) is 3.96. The summed E-state index contributed by atoms with van der Waals surface area (Å²) in [4.78, 5) is 23.2. The van der Waals surface area contributed by atoms with Gasteiger partial charge in [0.1, 0.15) is 11.6 Å². The zero-order chi connectivity index (χ0) is 24.8. The third-order valence-corrected chi connectivity index (χ3v) is 5.51. The first kappa shape index (κ1) is 24.6. The first-order valence-electron chi connectivity index (χ1n) is 11.5. The highest BCUT2D eigenvalue weighted by Crippen LogP contribution is 2.26. The molecule has 3 N–H and O–H groups in total. The summed E-state index contributed by atoms with van der Waals surface area (Å²) in [5, 5.41) is 12.0. The standard InChI is InChI=1S/C24H30FN7O3/c1-24(2,3)20-13-21(31-35-20)30-23(33)29-19-5-4-16(12-18(19)25)17-14-27-22(28-15-17)26-6-7-32-8-10-34-11-9-32/h4-5,12-15H,6-11H2,1-3H3,(H,26,27,28)(H2,29,30,31,33). The number of carbonyl (C=O) groups excluding carboxylic acids is 1. The van der Waals surface area contributed by atoms with Crippen LogP contribution in [0.4, 0.5) is 26.6 Å². The van der Waals surface area contributed by atoms with Crippen molar-refractivity contribution in [3.8, 4) is 11.1 Å². The molecule has 2 amide bonds. The van der Waals surface area contributed by atoms with E-state index in [1.165, 1.54) is 12.1 Å². The van der Waals surface area contributed by atoms with Crippen molar-refractivity contribution in [3.63, 3.8) is 0 Å². The zero-order valence-corrected chi connectivity index (χ0v) is 20.1. The summed E-state index contributed by atoms with van der Waals surface area (Å²) in [6, 6.07) is 5.52. The van der Waals surface area contributed by atoms with Gasteiger partial charge in [-0.2, -0.15) is 0 Å². The van der Waals surface area contributed by atoms with Gasteiger partial charge >= 0.3 is 6.03 Å². The van der Waals surface area contributed by atoms with E-state index in [1.807, 2.05) is 20.8 Å². The monoisotopic (exact) mass is 483 g/mol. The highest BCUT2D eigenvalue weighted by Gasteiger charge is 2.20. The molecule has 0 spiro atoms. The number of ether oxygens (including phenoxy) is 1. The van der Waals surface area contributed by atoms with Crippen molar-refractivity contribution in [3.05, 3.63) is 48.2 Å². The number of halogens is 1. The Kier molecular flexibility index (Phi) is 7.57. The van der Waals surface area contributed by atoms with E-state index in [0.29, 0.717) is 22.8 Å². The maximum absolute atomic E-state index is 14.7. The van der Waals surface area contributed by atoms with Crippen LogP contribution >= 0.6 is 0 Å². The molecule has 35 heavy (non-hydrogen) atoms. The molecule has 0 unspecified atom stereocenters. The number of aromatic nitrogens is 3. The van der Waals surface area contributed by atoms with E-state index in [4.69, 9.17) is 9.26 Å². The summed E-state index contributed by atoms with van der Waals surface area (Å²) < 4.78 is 25.3. The number of urea groups is 1. The molecule has 1 aromatic carbocycles. The second-order valence-electron chi connectivity index (χ2n) is 9.28. The Morgan fingerprint density at radius 3 is 2.49 bits per heavy atom. The minimum atomic E-state index is -0.624. The van der Waals surface area contributed by atoms with Gasteiger partial charge in [-0.3, -0.25) is 10.2 Å². The molecule has 0 bridgehead atoms. The Labute approximate surface area is 203 Å². The smallest absolute Gasteiger partial charge is 0.325 e. The van der Waals surface area contributed by atoms with Gasteiger partial charge in [-0.1, -0.05) is 32.0 Å². The zero-order valence-electron chi connectivity index (χ0n) is 20.1. The lowest BCUT2D eigenvalue weighted by Crippen LogP contribution is -2.39. The number of carbonyl (C=O) groups is 1. The van der Waals surface area contributed by atoms with Crippen molar-refractivity contribution in [2.45, 2.75) is 26.2 Å². The maximum Gasteiger partial charge on any atom is 0.325 e. The normalized spacial score (nSPS) is 14.5. The first-order chi connectivity index (χ1) is 16.8. The fourth-order valence-electron chi connectivity index (χ4n) is 3.47. The largest absolute Gasteiger partial charge is 0.379 e. The lowest BCUT2D eigenvalue weighted by Gasteiger charge is -2.26. The van der Waals surface area contributed by atoms with Crippen molar-refractivity contribution in [1.82, 2.24) is 20.0 Å². The average molecular weight is 484 g/mol. The summed E-state index contributed by atoms with van der Waals surface area (Å²) in [5.41, 5.74) is 1.05. The SMILES string of the molecule is CC(C)(C)c1cc(NC(=O)Nc2ccc(-c3cnc(NCCN4CCOCC4)nc3)cc2F)no1. The summed E-state index contributed by atoms with van der Waals surface area (Å²) in [6.07, 6.45) is 3.27. The molecular formula is C24H30FN7O3. The van der Waals surface area contributed by atoms with E-state index in [0.717, 1.165) is 39.4 Å². The van der Waals surface area contributed by atoms with Crippen LogP contribution in [0.2, 0.25) is 0 Å². The number of nitrogens with zero attached hydrogens (tertiary/aromatic N) is 4. The average Bonchev–Trinajstić information content (AvgIpc) is 3.31. The molecule has 1 fully saturated rings. The fraction of sp³-hybridized carbons (Fsp3) is 0.417. The topological polar surface area (TPSA) is 117 Å². The van der Waals surface area contributed by atoms with Crippen molar-refractivity contribution >= 4 is 23.5 Å². The molecule has 2 aromatic heterocycles. The third kappa shape index (κ3) is 6.74. The quantitative estimate of drug-likeness (QED) is 0.462. The summed E-state index contributed by atoms with van der Waals surface area (Å²) in [5.74, 6) is 0.810. The highest BCUT2D eigenvalue weighted by molar-refractivity contribution is 5.99. The molecule has 4 rings (SSSR count). The van der Waals surface area contributed by atoms with Crippen LogP contribution in [-0.2, 0) is 10.2 Å². The van der Waals surface area contributed by atoms with E-state index in [2.05, 4.69) is 36.0 Å². The van der Waals surface area contributed by atoms with E-state index < -0.39 is 11.8 Å². The molecule has 11 heteroatoms. The first-order valence-corrected chi connectivity index (χ1v) is 11.5. The molecule has 3 aromatic rings. The number of rotatable bonds is 7. The van der Waals surface area contributed by atoms with Crippen LogP contribution in [0.1, 0.15) is 26.5 Å². The lowest BCUT2D eigenvalue weighted by atomic mass is 9.93. The Balaban J connectivity index is 1.30. The highest BCUT2D eigenvalue weighted by atomic mass is 19.1. The number of amides is 2. The van der Waals surface area contributed by atoms with Crippen LogP contribution in [0.5, 0.6) is 0 Å². The second kappa shape index (κ2) is 10.8. The Morgan fingerprint density at radius 1 is 1.09 bits per heavy atom. The molecule has 0 radical (unpaired) electrons. The molecular weight excluding hydrogens is 453 g/mol. The van der Waals surface area contributed by atoms with Crippen molar-refractivity contribution in [2.75, 3.05) is 55.3 Å². The Morgan fingerprint density at radius 2 is 1.83 bits per heavy atom. The Hall–Kier alpha value is -3.57. The number of morpholine rings is 1. The maximum atomic E-state index is 14.7. The number of nitrogens with one attached hydrogen (secondary N) is 3. The molecule has 3 heterocycles. The third-order valence-electron chi connectivity index (χ3n) is 5.51.